The molecule has 1 amide bonds. The minimum atomic E-state index is -0.529. The van der Waals surface area contributed by atoms with Crippen LogP contribution in [0, 0.1) is 12.7 Å². The zero-order chi connectivity index (χ0) is 14.0. The fourth-order valence-electron chi connectivity index (χ4n) is 1.47. The van der Waals surface area contributed by atoms with E-state index in [1.54, 1.807) is 19.1 Å². The first-order valence-corrected chi connectivity index (χ1v) is 6.53. The zero-order valence-electron chi connectivity index (χ0n) is 9.88. The molecule has 0 atom stereocenters. The van der Waals surface area contributed by atoms with Gasteiger partial charge in [-0.2, -0.15) is 0 Å². The Morgan fingerprint density at radius 3 is 2.79 bits per heavy atom. The number of pyridine rings is 1. The van der Waals surface area contributed by atoms with Gasteiger partial charge in [-0.25, -0.2) is 4.39 Å². The number of anilines is 1. The van der Waals surface area contributed by atoms with Gasteiger partial charge in [0, 0.05) is 16.4 Å². The van der Waals surface area contributed by atoms with E-state index in [2.05, 4.69) is 26.2 Å². The molecular formula is C13H9BrClFN2O. The first-order chi connectivity index (χ1) is 8.97. The molecule has 0 fully saturated rings. The van der Waals surface area contributed by atoms with Crippen molar-refractivity contribution >= 4 is 39.1 Å². The van der Waals surface area contributed by atoms with Gasteiger partial charge < -0.3 is 5.32 Å². The van der Waals surface area contributed by atoms with Crippen molar-refractivity contribution in [2.24, 2.45) is 0 Å². The van der Waals surface area contributed by atoms with Gasteiger partial charge in [0.1, 0.15) is 5.82 Å². The van der Waals surface area contributed by atoms with Crippen molar-refractivity contribution in [3.05, 3.63) is 57.0 Å². The molecule has 2 aromatic rings. The Morgan fingerprint density at radius 1 is 1.42 bits per heavy atom. The lowest BCUT2D eigenvalue weighted by Crippen LogP contribution is -2.14. The monoisotopic (exact) mass is 342 g/mol. The minimum absolute atomic E-state index is 0.0878. The van der Waals surface area contributed by atoms with E-state index >= 15 is 0 Å². The third kappa shape index (κ3) is 3.30. The van der Waals surface area contributed by atoms with Gasteiger partial charge in [0.2, 0.25) is 0 Å². The summed E-state index contributed by atoms with van der Waals surface area (Å²) in [5.41, 5.74) is 0.996. The molecule has 0 aliphatic rings. The Kier molecular flexibility index (Phi) is 4.17. The van der Waals surface area contributed by atoms with E-state index in [0.717, 1.165) is 0 Å². The third-order valence-electron chi connectivity index (χ3n) is 2.41. The van der Waals surface area contributed by atoms with Crippen molar-refractivity contribution in [3.63, 3.8) is 0 Å². The fourth-order valence-corrected chi connectivity index (χ4v) is 2.10. The normalized spacial score (nSPS) is 10.3. The molecule has 0 saturated heterocycles. The highest BCUT2D eigenvalue weighted by atomic mass is 79.9. The first-order valence-electron chi connectivity index (χ1n) is 5.36. The molecule has 0 aliphatic carbocycles. The summed E-state index contributed by atoms with van der Waals surface area (Å²) in [6.45, 7) is 1.77. The number of aryl methyl sites for hydroxylation is 1. The summed E-state index contributed by atoms with van der Waals surface area (Å²) in [5, 5.41) is 2.73. The van der Waals surface area contributed by atoms with E-state index in [1.807, 2.05) is 0 Å². The maximum absolute atomic E-state index is 13.6. The number of benzene rings is 1. The standard InChI is InChI=1S/C13H9BrClFN2O/c1-7-4-10(15)9(6-17-7)13(19)18-12-3-2-8(14)5-11(12)16/h2-6H,1H3,(H,18,19). The van der Waals surface area contributed by atoms with Gasteiger partial charge in [0.25, 0.3) is 5.91 Å². The second-order valence-corrected chi connectivity index (χ2v) is 5.21. The highest BCUT2D eigenvalue weighted by Crippen LogP contribution is 2.22. The van der Waals surface area contributed by atoms with Gasteiger partial charge in [-0.1, -0.05) is 27.5 Å². The highest BCUT2D eigenvalue weighted by Gasteiger charge is 2.13. The lowest BCUT2D eigenvalue weighted by atomic mass is 10.2. The summed E-state index contributed by atoms with van der Waals surface area (Å²) in [6, 6.07) is 5.94. The summed E-state index contributed by atoms with van der Waals surface area (Å²) in [5.74, 6) is -1.03. The molecule has 98 valence electrons. The summed E-state index contributed by atoms with van der Waals surface area (Å²) in [4.78, 5) is 16.0. The SMILES string of the molecule is Cc1cc(Cl)c(C(=O)Nc2ccc(Br)cc2F)cn1. The van der Waals surface area contributed by atoms with Crippen molar-refractivity contribution in [1.82, 2.24) is 4.98 Å². The Morgan fingerprint density at radius 2 is 2.16 bits per heavy atom. The molecule has 1 N–H and O–H groups in total. The Bertz CT molecular complexity index is 649. The van der Waals surface area contributed by atoms with Crippen LogP contribution in [0.4, 0.5) is 10.1 Å². The smallest absolute Gasteiger partial charge is 0.258 e. The fraction of sp³-hybridized carbons (Fsp3) is 0.0769. The lowest BCUT2D eigenvalue weighted by molar-refractivity contribution is 0.102. The number of carbonyl (C=O) groups is 1. The molecule has 0 spiro atoms. The number of aromatic nitrogens is 1. The Balaban J connectivity index is 2.25. The largest absolute Gasteiger partial charge is 0.319 e. The summed E-state index contributed by atoms with van der Waals surface area (Å²) in [6.07, 6.45) is 1.36. The quantitative estimate of drug-likeness (QED) is 0.888. The lowest BCUT2D eigenvalue weighted by Gasteiger charge is -2.08. The molecule has 1 aromatic heterocycles. The second-order valence-electron chi connectivity index (χ2n) is 3.88. The van der Waals surface area contributed by atoms with Gasteiger partial charge in [0.05, 0.1) is 16.3 Å². The van der Waals surface area contributed by atoms with Gasteiger partial charge in [-0.05, 0) is 31.2 Å². The van der Waals surface area contributed by atoms with Crippen molar-refractivity contribution in [2.45, 2.75) is 6.92 Å². The highest BCUT2D eigenvalue weighted by molar-refractivity contribution is 9.10. The number of carbonyl (C=O) groups excluding carboxylic acids is 1. The molecule has 0 radical (unpaired) electrons. The Hall–Kier alpha value is -1.46. The average molecular weight is 344 g/mol. The van der Waals surface area contributed by atoms with Gasteiger partial charge in [-0.15, -0.1) is 0 Å². The third-order valence-corrected chi connectivity index (χ3v) is 3.22. The number of nitrogens with zero attached hydrogens (tertiary/aromatic N) is 1. The van der Waals surface area contributed by atoms with Crippen LogP contribution in [0.25, 0.3) is 0 Å². The van der Waals surface area contributed by atoms with Gasteiger partial charge in [-0.3, -0.25) is 9.78 Å². The number of hydrogen-bond acceptors (Lipinski definition) is 2. The van der Waals surface area contributed by atoms with E-state index in [0.29, 0.717) is 10.2 Å². The average Bonchev–Trinajstić information content (AvgIpc) is 2.32. The van der Waals surface area contributed by atoms with Crippen LogP contribution in [0.15, 0.2) is 34.9 Å². The van der Waals surface area contributed by atoms with E-state index in [4.69, 9.17) is 11.6 Å². The van der Waals surface area contributed by atoms with Crippen LogP contribution in [0.1, 0.15) is 16.1 Å². The van der Waals surface area contributed by atoms with Gasteiger partial charge >= 0.3 is 0 Å². The molecule has 0 bridgehead atoms. The van der Waals surface area contributed by atoms with Crippen LogP contribution in [-0.2, 0) is 0 Å². The number of halogens is 3. The van der Waals surface area contributed by atoms with Crippen LogP contribution in [-0.4, -0.2) is 10.9 Å². The van der Waals surface area contributed by atoms with Crippen LogP contribution in [0.3, 0.4) is 0 Å². The van der Waals surface area contributed by atoms with Crippen molar-refractivity contribution in [3.8, 4) is 0 Å². The topological polar surface area (TPSA) is 42.0 Å². The molecule has 19 heavy (non-hydrogen) atoms. The molecule has 6 heteroatoms. The zero-order valence-corrected chi connectivity index (χ0v) is 12.2. The van der Waals surface area contributed by atoms with Crippen molar-refractivity contribution < 1.29 is 9.18 Å². The molecule has 0 unspecified atom stereocenters. The second kappa shape index (κ2) is 5.67. The van der Waals surface area contributed by atoms with Crippen LogP contribution < -0.4 is 5.32 Å². The molecule has 0 aliphatic heterocycles. The van der Waals surface area contributed by atoms with E-state index < -0.39 is 11.7 Å². The summed E-state index contributed by atoms with van der Waals surface area (Å²) >= 11 is 9.10. The van der Waals surface area contributed by atoms with E-state index in [-0.39, 0.29) is 16.3 Å². The minimum Gasteiger partial charge on any atom is -0.319 e. The number of rotatable bonds is 2. The molecule has 0 saturated carbocycles. The predicted octanol–water partition coefficient (Wildman–Crippen LogP) is 4.20. The maximum Gasteiger partial charge on any atom is 0.258 e. The maximum atomic E-state index is 13.6. The molecule has 1 aromatic carbocycles. The van der Waals surface area contributed by atoms with Gasteiger partial charge in [0.15, 0.2) is 0 Å². The van der Waals surface area contributed by atoms with Crippen LogP contribution in [0.2, 0.25) is 5.02 Å². The van der Waals surface area contributed by atoms with Crippen molar-refractivity contribution in [2.75, 3.05) is 5.32 Å². The summed E-state index contributed by atoms with van der Waals surface area (Å²) in [7, 11) is 0. The summed E-state index contributed by atoms with van der Waals surface area (Å²) < 4.78 is 14.2. The molecule has 3 nitrogen and oxygen atoms in total. The first kappa shape index (κ1) is 14.0. The Labute approximate surface area is 122 Å². The predicted molar refractivity (Wildman–Crippen MR) is 76.0 cm³/mol. The van der Waals surface area contributed by atoms with E-state index in [1.165, 1.54) is 18.3 Å². The van der Waals surface area contributed by atoms with Crippen LogP contribution in [0.5, 0.6) is 0 Å². The van der Waals surface area contributed by atoms with E-state index in [9.17, 15) is 9.18 Å². The molecule has 1 heterocycles. The molecule has 2 rings (SSSR count). The number of hydrogen-bond donors (Lipinski definition) is 1. The van der Waals surface area contributed by atoms with Crippen molar-refractivity contribution in [1.29, 1.82) is 0 Å². The number of nitrogens with one attached hydrogen (secondary N) is 1. The van der Waals surface area contributed by atoms with Crippen LogP contribution >= 0.6 is 27.5 Å². The number of amides is 1. The molecular weight excluding hydrogens is 335 g/mol.